The normalized spacial score (nSPS) is 21.3. The molecule has 1 N–H and O–H groups in total. The summed E-state index contributed by atoms with van der Waals surface area (Å²) in [6, 6.07) is 0. The molecule has 1 saturated heterocycles. The molecule has 1 unspecified atom stereocenters. The predicted molar refractivity (Wildman–Crippen MR) is 43.8 cm³/mol. The SMILES string of the molecule is O=C(O)Cc1nnc(C2CCOC2)o1. The minimum absolute atomic E-state index is 0.130. The second-order valence-electron chi connectivity index (χ2n) is 3.17. The van der Waals surface area contributed by atoms with Crippen molar-refractivity contribution in [2.24, 2.45) is 0 Å². The van der Waals surface area contributed by atoms with Crippen molar-refractivity contribution < 1.29 is 19.1 Å². The first-order valence-corrected chi connectivity index (χ1v) is 4.37. The highest BCUT2D eigenvalue weighted by Gasteiger charge is 2.23. The number of carbonyl (C=O) groups is 1. The minimum Gasteiger partial charge on any atom is -0.481 e. The van der Waals surface area contributed by atoms with Crippen molar-refractivity contribution in [2.75, 3.05) is 13.2 Å². The topological polar surface area (TPSA) is 85.5 Å². The van der Waals surface area contributed by atoms with Gasteiger partial charge < -0.3 is 14.3 Å². The fourth-order valence-corrected chi connectivity index (χ4v) is 1.36. The van der Waals surface area contributed by atoms with Gasteiger partial charge in [-0.15, -0.1) is 10.2 Å². The Morgan fingerprint density at radius 3 is 3.07 bits per heavy atom. The molecular formula is C8H10N2O4. The summed E-state index contributed by atoms with van der Waals surface area (Å²) < 4.78 is 10.4. The van der Waals surface area contributed by atoms with Crippen molar-refractivity contribution in [3.8, 4) is 0 Å². The molecule has 6 nitrogen and oxygen atoms in total. The largest absolute Gasteiger partial charge is 0.481 e. The van der Waals surface area contributed by atoms with Crippen LogP contribution in [0, 0.1) is 0 Å². The monoisotopic (exact) mass is 198 g/mol. The van der Waals surface area contributed by atoms with E-state index in [-0.39, 0.29) is 18.2 Å². The molecule has 1 atom stereocenters. The first kappa shape index (κ1) is 9.14. The smallest absolute Gasteiger partial charge is 0.312 e. The molecule has 1 aliphatic heterocycles. The maximum atomic E-state index is 10.3. The predicted octanol–water partition coefficient (Wildman–Crippen LogP) is 0.201. The zero-order chi connectivity index (χ0) is 9.97. The van der Waals surface area contributed by atoms with Gasteiger partial charge in [0.15, 0.2) is 0 Å². The third-order valence-electron chi connectivity index (χ3n) is 2.06. The van der Waals surface area contributed by atoms with Crippen LogP contribution < -0.4 is 0 Å². The molecule has 0 aromatic carbocycles. The van der Waals surface area contributed by atoms with Crippen LogP contribution >= 0.6 is 0 Å². The van der Waals surface area contributed by atoms with Crippen LogP contribution in [0.5, 0.6) is 0 Å². The number of carboxylic acids is 1. The second-order valence-corrected chi connectivity index (χ2v) is 3.17. The first-order chi connectivity index (χ1) is 6.75. The van der Waals surface area contributed by atoms with Crippen molar-refractivity contribution >= 4 is 5.97 Å². The standard InChI is InChI=1S/C8H10N2O4/c11-7(12)3-6-9-10-8(14-6)5-1-2-13-4-5/h5H,1-4H2,(H,11,12). The van der Waals surface area contributed by atoms with E-state index in [4.69, 9.17) is 14.3 Å². The molecule has 2 heterocycles. The van der Waals surface area contributed by atoms with E-state index < -0.39 is 5.97 Å². The zero-order valence-electron chi connectivity index (χ0n) is 7.47. The third-order valence-corrected chi connectivity index (χ3v) is 2.06. The van der Waals surface area contributed by atoms with Crippen LogP contribution in [0.1, 0.15) is 24.1 Å². The Bertz CT molecular complexity index is 330. The number of hydrogen-bond donors (Lipinski definition) is 1. The molecule has 1 aromatic rings. The van der Waals surface area contributed by atoms with Gasteiger partial charge in [0, 0.05) is 6.61 Å². The third kappa shape index (κ3) is 1.90. The van der Waals surface area contributed by atoms with Crippen LogP contribution in [0.2, 0.25) is 0 Å². The van der Waals surface area contributed by atoms with E-state index >= 15 is 0 Å². The Labute approximate surface area is 79.9 Å². The molecule has 1 aliphatic rings. The van der Waals surface area contributed by atoms with Gasteiger partial charge >= 0.3 is 5.97 Å². The minimum atomic E-state index is -0.970. The van der Waals surface area contributed by atoms with Crippen molar-refractivity contribution in [1.29, 1.82) is 0 Å². The van der Waals surface area contributed by atoms with Gasteiger partial charge in [-0.25, -0.2) is 0 Å². The quantitative estimate of drug-likeness (QED) is 0.746. The second kappa shape index (κ2) is 3.75. The van der Waals surface area contributed by atoms with Crippen LogP contribution in [-0.2, 0) is 16.0 Å². The van der Waals surface area contributed by atoms with Gasteiger partial charge in [-0.05, 0) is 6.42 Å². The number of hydrogen-bond acceptors (Lipinski definition) is 5. The Balaban J connectivity index is 2.05. The van der Waals surface area contributed by atoms with Gasteiger partial charge in [-0.3, -0.25) is 4.79 Å². The maximum Gasteiger partial charge on any atom is 0.312 e. The van der Waals surface area contributed by atoms with Crippen molar-refractivity contribution in [2.45, 2.75) is 18.8 Å². The summed E-state index contributed by atoms with van der Waals surface area (Å²) >= 11 is 0. The Hall–Kier alpha value is -1.43. The molecule has 1 aromatic heterocycles. The molecule has 0 amide bonds. The van der Waals surface area contributed by atoms with Gasteiger partial charge in [0.05, 0.1) is 12.5 Å². The van der Waals surface area contributed by atoms with Gasteiger partial charge in [-0.2, -0.15) is 0 Å². The van der Waals surface area contributed by atoms with Crippen LogP contribution in [0.25, 0.3) is 0 Å². The summed E-state index contributed by atoms with van der Waals surface area (Å²) in [4.78, 5) is 10.3. The lowest BCUT2D eigenvalue weighted by Crippen LogP contribution is -2.00. The van der Waals surface area contributed by atoms with Gasteiger partial charge in [0.2, 0.25) is 11.8 Å². The summed E-state index contributed by atoms with van der Waals surface area (Å²) in [7, 11) is 0. The highest BCUT2D eigenvalue weighted by Crippen LogP contribution is 2.23. The van der Waals surface area contributed by atoms with Gasteiger partial charge in [0.25, 0.3) is 0 Å². The molecule has 76 valence electrons. The van der Waals surface area contributed by atoms with Crippen molar-refractivity contribution in [3.05, 3.63) is 11.8 Å². The maximum absolute atomic E-state index is 10.3. The molecule has 2 rings (SSSR count). The molecular weight excluding hydrogens is 188 g/mol. The number of rotatable bonds is 3. The number of aromatic nitrogens is 2. The van der Waals surface area contributed by atoms with Crippen molar-refractivity contribution in [3.63, 3.8) is 0 Å². The fourth-order valence-electron chi connectivity index (χ4n) is 1.36. The molecule has 0 spiro atoms. The van der Waals surface area contributed by atoms with Crippen LogP contribution in [0.4, 0.5) is 0 Å². The highest BCUT2D eigenvalue weighted by molar-refractivity contribution is 5.68. The number of nitrogens with zero attached hydrogens (tertiary/aromatic N) is 2. The van der Waals surface area contributed by atoms with Crippen LogP contribution in [0.3, 0.4) is 0 Å². The Morgan fingerprint density at radius 1 is 1.57 bits per heavy atom. The first-order valence-electron chi connectivity index (χ1n) is 4.37. The molecule has 0 saturated carbocycles. The molecule has 14 heavy (non-hydrogen) atoms. The molecule has 6 heteroatoms. The number of ether oxygens (including phenoxy) is 1. The van der Waals surface area contributed by atoms with Crippen molar-refractivity contribution in [1.82, 2.24) is 10.2 Å². The number of aliphatic carboxylic acids is 1. The summed E-state index contributed by atoms with van der Waals surface area (Å²) in [5.41, 5.74) is 0. The van der Waals surface area contributed by atoms with E-state index in [0.29, 0.717) is 19.1 Å². The Kier molecular flexibility index (Phi) is 2.45. The summed E-state index contributed by atoms with van der Waals surface area (Å²) in [5, 5.41) is 15.9. The summed E-state index contributed by atoms with van der Waals surface area (Å²) in [6.07, 6.45) is 0.634. The van der Waals surface area contributed by atoms with Crippen LogP contribution in [-0.4, -0.2) is 34.5 Å². The average molecular weight is 198 g/mol. The van der Waals surface area contributed by atoms with E-state index in [2.05, 4.69) is 10.2 Å². The van der Waals surface area contributed by atoms with E-state index in [1.54, 1.807) is 0 Å². The van der Waals surface area contributed by atoms with Gasteiger partial charge in [-0.1, -0.05) is 0 Å². The van der Waals surface area contributed by atoms with E-state index in [1.807, 2.05) is 0 Å². The molecule has 0 radical (unpaired) electrons. The summed E-state index contributed by atoms with van der Waals surface area (Å²) in [6.45, 7) is 1.27. The molecule has 0 bridgehead atoms. The lowest BCUT2D eigenvalue weighted by molar-refractivity contribution is -0.136. The van der Waals surface area contributed by atoms with Gasteiger partial charge in [0.1, 0.15) is 6.42 Å². The van der Waals surface area contributed by atoms with E-state index in [9.17, 15) is 4.79 Å². The Morgan fingerprint density at radius 2 is 2.43 bits per heavy atom. The van der Waals surface area contributed by atoms with E-state index in [1.165, 1.54) is 0 Å². The van der Waals surface area contributed by atoms with E-state index in [0.717, 1.165) is 6.42 Å². The average Bonchev–Trinajstić information content (AvgIpc) is 2.69. The lowest BCUT2D eigenvalue weighted by Gasteiger charge is -1.98. The highest BCUT2D eigenvalue weighted by atomic mass is 16.5. The summed E-state index contributed by atoms with van der Waals surface area (Å²) in [5.74, 6) is -0.203. The lowest BCUT2D eigenvalue weighted by atomic mass is 10.1. The molecule has 1 fully saturated rings. The number of carboxylic acid groups (broad SMARTS) is 1. The zero-order valence-corrected chi connectivity index (χ0v) is 7.47. The van der Waals surface area contributed by atoms with Crippen LogP contribution in [0.15, 0.2) is 4.42 Å². The molecule has 0 aliphatic carbocycles. The fraction of sp³-hybridized carbons (Fsp3) is 0.625.